The predicted octanol–water partition coefficient (Wildman–Crippen LogP) is -9.54. The van der Waals surface area contributed by atoms with Crippen LogP contribution in [0.25, 0.3) is 0 Å². The summed E-state index contributed by atoms with van der Waals surface area (Å²) in [6.07, 6.45) is -2.50. The highest BCUT2D eigenvalue weighted by Crippen LogP contribution is 2.20. The number of carboxylic acid groups (broad SMARTS) is 1. The van der Waals surface area contributed by atoms with E-state index in [1.54, 1.807) is 13.8 Å². The van der Waals surface area contributed by atoms with Crippen molar-refractivity contribution in [1.29, 1.82) is 0 Å². The van der Waals surface area contributed by atoms with Gasteiger partial charge in [0.1, 0.15) is 72.2 Å². The number of aromatic hydroxyl groups is 1. The van der Waals surface area contributed by atoms with Gasteiger partial charge in [0.15, 0.2) is 11.9 Å². The number of aliphatic imine (C=N–C) groups is 2. The van der Waals surface area contributed by atoms with Gasteiger partial charge >= 0.3 is 5.97 Å². The number of benzene rings is 1. The van der Waals surface area contributed by atoms with Gasteiger partial charge in [-0.1, -0.05) is 26.0 Å². The summed E-state index contributed by atoms with van der Waals surface area (Å²) in [6, 6.07) is -13.2. The third kappa shape index (κ3) is 28.2. The van der Waals surface area contributed by atoms with E-state index in [1.165, 1.54) is 43.0 Å². The van der Waals surface area contributed by atoms with Crippen molar-refractivity contribution in [1.82, 2.24) is 58.1 Å². The van der Waals surface area contributed by atoms with Crippen LogP contribution in [0.2, 0.25) is 0 Å². The number of phenolic OH excluding ortho intramolecular Hbond substituents is 1. The fourth-order valence-electron chi connectivity index (χ4n) is 9.13. The maximum absolute atomic E-state index is 13.9. The summed E-state index contributed by atoms with van der Waals surface area (Å²) in [7, 11) is 0. The molecule has 1 fully saturated rings. The molecule has 0 spiro atoms. The third-order valence-corrected chi connectivity index (χ3v) is 14.9. The summed E-state index contributed by atoms with van der Waals surface area (Å²) in [5, 5.41) is 74.1. The van der Waals surface area contributed by atoms with Gasteiger partial charge < -0.3 is 118 Å². The number of carbonyl (C=O) groups excluding carboxylic acids is 12. The zero-order chi connectivity index (χ0) is 71.1. The minimum Gasteiger partial charge on any atom is -0.508 e. The van der Waals surface area contributed by atoms with Gasteiger partial charge in [0.2, 0.25) is 70.9 Å². The number of nitrogens with two attached hydrogens (primary N) is 6. The predicted molar refractivity (Wildman–Crippen MR) is 344 cm³/mol. The van der Waals surface area contributed by atoms with E-state index in [1.807, 2.05) is 0 Å². The maximum atomic E-state index is 13.9. The van der Waals surface area contributed by atoms with Crippen LogP contribution in [0.5, 0.6) is 5.75 Å². The molecule has 0 bridgehead atoms. The molecule has 0 aromatic heterocycles. The van der Waals surface area contributed by atoms with Crippen molar-refractivity contribution in [2.75, 3.05) is 44.4 Å². The van der Waals surface area contributed by atoms with Crippen LogP contribution in [-0.4, -0.2) is 242 Å². The van der Waals surface area contributed by atoms with Crippen molar-refractivity contribution in [2.45, 2.75) is 164 Å². The van der Waals surface area contributed by atoms with Gasteiger partial charge in [-0.25, -0.2) is 4.79 Å². The van der Waals surface area contributed by atoms with Gasteiger partial charge in [0, 0.05) is 37.6 Å². The molecule has 0 radical (unpaired) electrons. The summed E-state index contributed by atoms with van der Waals surface area (Å²) in [5.74, 6) is -15.3. The summed E-state index contributed by atoms with van der Waals surface area (Å²) < 4.78 is 0. The summed E-state index contributed by atoms with van der Waals surface area (Å²) in [6.45, 7) is 3.54. The molecule has 526 valence electrons. The Labute approximate surface area is 552 Å². The van der Waals surface area contributed by atoms with Gasteiger partial charge in [-0.2, -0.15) is 25.3 Å². The largest absolute Gasteiger partial charge is 0.508 e. The number of thiol groups is 2. The number of primary amides is 1. The quantitative estimate of drug-likeness (QED) is 0.0125. The van der Waals surface area contributed by atoms with E-state index in [0.717, 1.165) is 0 Å². The number of hydrogen-bond donors (Lipinski definition) is 23. The molecule has 0 saturated carbocycles. The molecular weight excluding hydrogens is 1280 g/mol. The summed E-state index contributed by atoms with van der Waals surface area (Å²) in [4.78, 5) is 183. The number of rotatable bonds is 41. The van der Waals surface area contributed by atoms with Crippen molar-refractivity contribution >= 4 is 114 Å². The number of carboxylic acids is 1. The number of amides is 12. The lowest BCUT2D eigenvalue weighted by Crippen LogP contribution is -2.62. The van der Waals surface area contributed by atoms with Crippen LogP contribution < -0.4 is 87.6 Å². The van der Waals surface area contributed by atoms with Crippen LogP contribution in [0.3, 0.4) is 0 Å². The molecule has 1 saturated heterocycles. The van der Waals surface area contributed by atoms with Gasteiger partial charge in [0.25, 0.3) is 0 Å². The first-order valence-electron chi connectivity index (χ1n) is 29.8. The normalized spacial score (nSPS) is 16.5. The molecule has 1 heterocycles. The van der Waals surface area contributed by atoms with E-state index in [9.17, 15) is 87.9 Å². The molecule has 39 heteroatoms. The van der Waals surface area contributed by atoms with Crippen molar-refractivity contribution < 1.29 is 87.9 Å². The van der Waals surface area contributed by atoms with Gasteiger partial charge in [-0.3, -0.25) is 67.5 Å². The molecule has 1 aliphatic rings. The van der Waals surface area contributed by atoms with E-state index < -0.39 is 181 Å². The van der Waals surface area contributed by atoms with E-state index in [-0.39, 0.29) is 93.9 Å². The van der Waals surface area contributed by atoms with Crippen molar-refractivity contribution in [2.24, 2.45) is 50.3 Å². The molecule has 1 aromatic rings. The van der Waals surface area contributed by atoms with Crippen LogP contribution >= 0.6 is 25.3 Å². The second-order valence-corrected chi connectivity index (χ2v) is 23.1. The maximum Gasteiger partial charge on any atom is 0.326 e. The van der Waals surface area contributed by atoms with Crippen LogP contribution in [-0.2, 0) is 68.7 Å². The fourth-order valence-corrected chi connectivity index (χ4v) is 9.54. The minimum atomic E-state index is -1.95. The van der Waals surface area contributed by atoms with Gasteiger partial charge in [-0.15, -0.1) is 0 Å². The van der Waals surface area contributed by atoms with Crippen molar-refractivity contribution in [3.63, 3.8) is 0 Å². The second kappa shape index (κ2) is 41.0. The number of phenols is 1. The average molecular weight is 1370 g/mol. The molecule has 2 rings (SSSR count). The average Bonchev–Trinajstić information content (AvgIpc) is 1.65. The molecule has 1 aliphatic heterocycles. The Morgan fingerprint density at radius 2 is 1.02 bits per heavy atom. The van der Waals surface area contributed by atoms with Gasteiger partial charge in [0.05, 0.1) is 31.8 Å². The highest BCUT2D eigenvalue weighted by molar-refractivity contribution is 7.80. The SMILES string of the molecule is CC(C)C[C@H](NC(=O)[C@@H](NC(=O)[C@H](CCCN=C(N)N)NC(=O)[C@@H]1CCCN1C(=O)[C@@H](N)CS)[C@@H](C)O)C(=O)N[C@@H](C)C(=O)N[C@@H](CO)C(=O)N[C@@H](CCCN=C(N)N)C(=O)N[C@@H](CO)C(=O)N[C@@H](CC(N)=O)C(=O)N[C@@H](CS)C(=O)N[C@@H](Cc1ccc(O)cc1)C(=O)O. The Morgan fingerprint density at radius 1 is 0.574 bits per heavy atom. The third-order valence-electron chi connectivity index (χ3n) is 14.1. The van der Waals surface area contributed by atoms with Crippen LogP contribution in [0.4, 0.5) is 0 Å². The monoisotopic (exact) mass is 1370 g/mol. The summed E-state index contributed by atoms with van der Waals surface area (Å²) in [5.41, 5.74) is 33.4. The molecule has 1 aromatic carbocycles. The number of aliphatic hydroxyl groups is 3. The van der Waals surface area contributed by atoms with Gasteiger partial charge in [-0.05, 0) is 82.4 Å². The number of aliphatic carboxylic acids is 1. The van der Waals surface area contributed by atoms with E-state index >= 15 is 0 Å². The molecule has 13 atom stereocenters. The number of nitrogens with one attached hydrogen (secondary N) is 10. The van der Waals surface area contributed by atoms with Crippen molar-refractivity contribution in [3.05, 3.63) is 29.8 Å². The number of carbonyl (C=O) groups is 13. The lowest BCUT2D eigenvalue weighted by molar-refractivity contribution is -0.142. The highest BCUT2D eigenvalue weighted by Gasteiger charge is 2.40. The standard InChI is InChI=1S/C55H91N19O18S2/c1-25(2)18-33(68-51(89)41(27(4)77)73-44(82)32(9-6-16-63-55(60)61)66-50(88)39-10-7-17-74(39)52(90)30(56)23-93)45(83)64-26(3)42(80)70-36(21-75)47(85)65-31(8-5-15-62-54(58)59)43(81)71-37(22-76)48(86)67-34(20-40(57)79)46(84)72-38(24-94)49(87)69-35(53(91)92)19-28-11-13-29(78)14-12-28/h11-14,25-27,30-39,41,75-78,93-94H,5-10,15-24,56H2,1-4H3,(H2,57,79)(H,64,83)(H,65,85)(H,66,88)(H,67,86)(H,68,89)(H,69,87)(H,70,80)(H,71,81)(H,72,84)(H,73,82)(H,91,92)(H4,58,59,62)(H4,60,61,63)/t26-,27+,30-,31-,32-,33-,34-,35-,36-,37-,38-,39-,41-/m0/s1. The van der Waals surface area contributed by atoms with E-state index in [4.69, 9.17) is 34.4 Å². The van der Waals surface area contributed by atoms with Crippen LogP contribution in [0, 0.1) is 5.92 Å². The van der Waals surface area contributed by atoms with E-state index in [2.05, 4.69) is 88.4 Å². The van der Waals surface area contributed by atoms with Crippen LogP contribution in [0.15, 0.2) is 34.3 Å². The first-order chi connectivity index (χ1) is 44.2. The number of aliphatic hydroxyl groups excluding tert-OH is 3. The molecule has 0 aliphatic carbocycles. The molecule has 27 N–H and O–H groups in total. The second-order valence-electron chi connectivity index (χ2n) is 22.4. The van der Waals surface area contributed by atoms with E-state index in [0.29, 0.717) is 12.0 Å². The number of guanidine groups is 2. The number of hydrogen-bond acceptors (Lipinski definition) is 22. The van der Waals surface area contributed by atoms with Crippen LogP contribution in [0.1, 0.15) is 84.6 Å². The van der Waals surface area contributed by atoms with Crippen molar-refractivity contribution in [3.8, 4) is 5.75 Å². The number of likely N-dealkylation sites (tertiary alicyclic amines) is 1. The zero-order valence-corrected chi connectivity index (χ0v) is 54.2. The Bertz CT molecular complexity index is 2850. The first kappa shape index (κ1) is 81.3. The Balaban J connectivity index is 2.27. The lowest BCUT2D eigenvalue weighted by Gasteiger charge is -2.29. The highest BCUT2D eigenvalue weighted by atomic mass is 32.1. The smallest absolute Gasteiger partial charge is 0.326 e. The Morgan fingerprint density at radius 3 is 1.51 bits per heavy atom. The Hall–Kier alpha value is -8.79. The summed E-state index contributed by atoms with van der Waals surface area (Å²) >= 11 is 8.14. The Kier molecular flexibility index (Phi) is 35.5. The fraction of sp³-hybridized carbons (Fsp3) is 0.618. The molecule has 94 heavy (non-hydrogen) atoms. The molecule has 12 amide bonds. The topological polar surface area (TPSA) is 627 Å². The molecule has 37 nitrogen and oxygen atoms in total. The lowest BCUT2D eigenvalue weighted by atomic mass is 10.0. The zero-order valence-electron chi connectivity index (χ0n) is 52.4. The number of nitrogens with zero attached hydrogens (tertiary/aromatic N) is 3. The molecule has 0 unspecified atom stereocenters. The first-order valence-corrected chi connectivity index (χ1v) is 31.1. The molecular formula is C55H91N19O18S2. The minimum absolute atomic E-state index is 0.00491.